The van der Waals surface area contributed by atoms with Crippen LogP contribution in [0.2, 0.25) is 0 Å². The maximum Gasteiger partial charge on any atom is 0.326 e. The minimum atomic E-state index is -3.62. The van der Waals surface area contributed by atoms with Crippen molar-refractivity contribution in [3.63, 3.8) is 0 Å². The van der Waals surface area contributed by atoms with Crippen LogP contribution in [0.15, 0.2) is 63.9 Å². The van der Waals surface area contributed by atoms with Gasteiger partial charge in [-0.3, -0.25) is 9.59 Å². The standard InChI is InChI=1S/C23H26N4O6S/c1-4-27(5-2)34(30,31)19-13-11-17(12-14-19)21(29)24-15-20(28)32-16(3)22-25-26-23(33-22)18-9-7-6-8-10-18/h6-14,16H,4-5,15H2,1-3H3,(H,24,29). The van der Waals surface area contributed by atoms with Crippen molar-refractivity contribution in [3.05, 3.63) is 66.1 Å². The second-order valence-corrected chi connectivity index (χ2v) is 9.18. The van der Waals surface area contributed by atoms with E-state index in [0.29, 0.717) is 19.0 Å². The number of amides is 1. The lowest BCUT2D eigenvalue weighted by Gasteiger charge is -2.18. The van der Waals surface area contributed by atoms with Crippen molar-refractivity contribution in [3.8, 4) is 11.5 Å². The number of benzene rings is 2. The summed E-state index contributed by atoms with van der Waals surface area (Å²) in [6.07, 6.45) is -0.807. The minimum absolute atomic E-state index is 0.0930. The first-order valence-electron chi connectivity index (χ1n) is 10.7. The van der Waals surface area contributed by atoms with Crippen LogP contribution in [0.4, 0.5) is 0 Å². The molecule has 180 valence electrons. The summed E-state index contributed by atoms with van der Waals surface area (Å²) < 4.78 is 37.2. The smallest absolute Gasteiger partial charge is 0.326 e. The molecule has 0 bridgehead atoms. The number of hydrogen-bond acceptors (Lipinski definition) is 8. The predicted molar refractivity (Wildman–Crippen MR) is 123 cm³/mol. The van der Waals surface area contributed by atoms with Crippen LogP contribution < -0.4 is 5.32 Å². The van der Waals surface area contributed by atoms with Gasteiger partial charge in [-0.05, 0) is 43.3 Å². The van der Waals surface area contributed by atoms with E-state index in [1.807, 2.05) is 30.3 Å². The highest BCUT2D eigenvalue weighted by atomic mass is 32.2. The van der Waals surface area contributed by atoms with Crippen molar-refractivity contribution >= 4 is 21.9 Å². The van der Waals surface area contributed by atoms with E-state index in [0.717, 1.165) is 5.56 Å². The van der Waals surface area contributed by atoms with Gasteiger partial charge >= 0.3 is 5.97 Å². The van der Waals surface area contributed by atoms with E-state index in [9.17, 15) is 18.0 Å². The van der Waals surface area contributed by atoms with E-state index < -0.39 is 28.0 Å². The molecule has 0 radical (unpaired) electrons. The molecule has 1 N–H and O–H groups in total. The Kier molecular flexibility index (Phi) is 8.13. The molecule has 2 aromatic carbocycles. The van der Waals surface area contributed by atoms with Gasteiger partial charge in [-0.2, -0.15) is 4.31 Å². The highest BCUT2D eigenvalue weighted by molar-refractivity contribution is 7.89. The van der Waals surface area contributed by atoms with Gasteiger partial charge in [0.1, 0.15) is 6.54 Å². The van der Waals surface area contributed by atoms with E-state index in [2.05, 4.69) is 15.5 Å². The Labute approximate surface area is 198 Å². The van der Waals surface area contributed by atoms with Crippen LogP contribution in [-0.4, -0.2) is 54.4 Å². The lowest BCUT2D eigenvalue weighted by molar-refractivity contribution is -0.148. The van der Waals surface area contributed by atoms with Gasteiger partial charge in [0.2, 0.25) is 15.9 Å². The Morgan fingerprint density at radius 1 is 1.03 bits per heavy atom. The highest BCUT2D eigenvalue weighted by Crippen LogP contribution is 2.22. The Balaban J connectivity index is 1.54. The largest absolute Gasteiger partial charge is 0.451 e. The van der Waals surface area contributed by atoms with Crippen LogP contribution in [0.5, 0.6) is 0 Å². The van der Waals surface area contributed by atoms with Crippen molar-refractivity contribution in [1.82, 2.24) is 19.8 Å². The molecule has 0 aliphatic carbocycles. The van der Waals surface area contributed by atoms with Crippen LogP contribution in [0.3, 0.4) is 0 Å². The topological polar surface area (TPSA) is 132 Å². The lowest BCUT2D eigenvalue weighted by Crippen LogP contribution is -2.31. The molecule has 0 saturated carbocycles. The molecular formula is C23H26N4O6S. The number of esters is 1. The van der Waals surface area contributed by atoms with E-state index in [-0.39, 0.29) is 22.9 Å². The normalized spacial score (nSPS) is 12.4. The zero-order chi connectivity index (χ0) is 24.7. The average molecular weight is 487 g/mol. The third-order valence-electron chi connectivity index (χ3n) is 4.97. The minimum Gasteiger partial charge on any atom is -0.451 e. The first-order valence-corrected chi connectivity index (χ1v) is 12.2. The van der Waals surface area contributed by atoms with E-state index in [4.69, 9.17) is 9.15 Å². The number of carbonyl (C=O) groups excluding carboxylic acids is 2. The van der Waals surface area contributed by atoms with Crippen LogP contribution >= 0.6 is 0 Å². The van der Waals surface area contributed by atoms with Gasteiger partial charge in [0, 0.05) is 24.2 Å². The molecule has 0 saturated heterocycles. The van der Waals surface area contributed by atoms with Gasteiger partial charge in [0.25, 0.3) is 11.8 Å². The van der Waals surface area contributed by atoms with E-state index in [1.54, 1.807) is 20.8 Å². The predicted octanol–water partition coefficient (Wildman–Crippen LogP) is 2.80. The van der Waals surface area contributed by atoms with Gasteiger partial charge in [-0.15, -0.1) is 10.2 Å². The second-order valence-electron chi connectivity index (χ2n) is 7.24. The summed E-state index contributed by atoms with van der Waals surface area (Å²) in [5.74, 6) is -0.802. The Morgan fingerprint density at radius 2 is 1.68 bits per heavy atom. The summed E-state index contributed by atoms with van der Waals surface area (Å²) in [5.41, 5.74) is 0.951. The van der Waals surface area contributed by atoms with Gasteiger partial charge in [0.05, 0.1) is 4.90 Å². The molecule has 1 heterocycles. The molecule has 0 spiro atoms. The molecule has 0 fully saturated rings. The number of ether oxygens (including phenoxy) is 1. The number of rotatable bonds is 10. The summed E-state index contributed by atoms with van der Waals surface area (Å²) in [5, 5.41) is 10.3. The van der Waals surface area contributed by atoms with Crippen molar-refractivity contribution < 1.29 is 27.2 Å². The fourth-order valence-corrected chi connectivity index (χ4v) is 4.59. The molecule has 1 atom stereocenters. The molecular weight excluding hydrogens is 460 g/mol. The molecule has 10 nitrogen and oxygen atoms in total. The number of nitrogens with zero attached hydrogens (tertiary/aromatic N) is 3. The fourth-order valence-electron chi connectivity index (χ4n) is 3.13. The number of hydrogen-bond donors (Lipinski definition) is 1. The summed E-state index contributed by atoms with van der Waals surface area (Å²) in [4.78, 5) is 24.6. The summed E-state index contributed by atoms with van der Waals surface area (Å²) >= 11 is 0. The van der Waals surface area contributed by atoms with Crippen LogP contribution in [0.25, 0.3) is 11.5 Å². The molecule has 34 heavy (non-hydrogen) atoms. The van der Waals surface area contributed by atoms with Crippen LogP contribution in [0, 0.1) is 0 Å². The van der Waals surface area contributed by atoms with Gasteiger partial charge in [-0.25, -0.2) is 8.42 Å². The Morgan fingerprint density at radius 3 is 2.29 bits per heavy atom. The third kappa shape index (κ3) is 5.86. The van der Waals surface area contributed by atoms with Crippen molar-refractivity contribution in [2.24, 2.45) is 0 Å². The number of nitrogens with one attached hydrogen (secondary N) is 1. The number of carbonyl (C=O) groups is 2. The van der Waals surface area contributed by atoms with Gasteiger partial charge in [0.15, 0.2) is 6.10 Å². The first-order chi connectivity index (χ1) is 16.3. The van der Waals surface area contributed by atoms with Gasteiger partial charge < -0.3 is 14.5 Å². The van der Waals surface area contributed by atoms with Crippen molar-refractivity contribution in [1.29, 1.82) is 0 Å². The zero-order valence-corrected chi connectivity index (χ0v) is 19.9. The molecule has 11 heteroatoms. The summed E-state index contributed by atoms with van der Waals surface area (Å²) in [7, 11) is -3.62. The van der Waals surface area contributed by atoms with Crippen molar-refractivity contribution in [2.45, 2.75) is 31.8 Å². The maximum absolute atomic E-state index is 12.5. The molecule has 1 aromatic heterocycles. The summed E-state index contributed by atoms with van der Waals surface area (Å²) in [6.45, 7) is 5.39. The Hall–Kier alpha value is -3.57. The molecule has 1 amide bonds. The number of aromatic nitrogens is 2. The monoisotopic (exact) mass is 486 g/mol. The SMILES string of the molecule is CCN(CC)S(=O)(=O)c1ccc(C(=O)NCC(=O)OC(C)c2nnc(-c3ccccc3)o2)cc1. The third-order valence-corrected chi connectivity index (χ3v) is 7.03. The van der Waals surface area contributed by atoms with Crippen molar-refractivity contribution in [2.75, 3.05) is 19.6 Å². The highest BCUT2D eigenvalue weighted by Gasteiger charge is 2.22. The Bertz CT molecular complexity index is 1220. The molecule has 3 aromatic rings. The number of sulfonamides is 1. The van der Waals surface area contributed by atoms with E-state index >= 15 is 0 Å². The zero-order valence-electron chi connectivity index (χ0n) is 19.1. The van der Waals surface area contributed by atoms with E-state index in [1.165, 1.54) is 28.6 Å². The summed E-state index contributed by atoms with van der Waals surface area (Å²) in [6, 6.07) is 14.7. The molecule has 0 aliphatic rings. The molecule has 0 aliphatic heterocycles. The quantitative estimate of drug-likeness (QED) is 0.433. The first kappa shape index (κ1) is 25.1. The van der Waals surface area contributed by atoms with Crippen LogP contribution in [-0.2, 0) is 19.6 Å². The fraction of sp³-hybridized carbons (Fsp3) is 0.304. The lowest BCUT2D eigenvalue weighted by atomic mass is 10.2. The maximum atomic E-state index is 12.5. The second kappa shape index (κ2) is 11.0. The molecule has 3 rings (SSSR count). The van der Waals surface area contributed by atoms with Crippen LogP contribution in [0.1, 0.15) is 43.1 Å². The average Bonchev–Trinajstić information content (AvgIpc) is 3.34. The van der Waals surface area contributed by atoms with Gasteiger partial charge in [-0.1, -0.05) is 32.0 Å². The molecule has 1 unspecified atom stereocenters.